The molecule has 3 N–H and O–H groups in total. The number of nitrogens with one attached hydrogen (secondary N) is 1. The Morgan fingerprint density at radius 2 is 1.93 bits per heavy atom. The zero-order chi connectivity index (χ0) is 11.3. The van der Waals surface area contributed by atoms with Gasteiger partial charge in [-0.2, -0.15) is 0 Å². The molecule has 3 nitrogen and oxygen atoms in total. The van der Waals surface area contributed by atoms with Gasteiger partial charge in [-0.25, -0.2) is 0 Å². The molecule has 0 fully saturated rings. The van der Waals surface area contributed by atoms with Gasteiger partial charge in [0.1, 0.15) is 0 Å². The Morgan fingerprint density at radius 1 is 1.33 bits per heavy atom. The van der Waals surface area contributed by atoms with Gasteiger partial charge in [-0.1, -0.05) is 25.1 Å². The van der Waals surface area contributed by atoms with E-state index in [1.807, 2.05) is 44.2 Å². The lowest BCUT2D eigenvalue weighted by Crippen LogP contribution is -2.28. The molecule has 82 valence electrons. The third kappa shape index (κ3) is 4.13. The van der Waals surface area contributed by atoms with Gasteiger partial charge in [0.25, 0.3) is 0 Å². The van der Waals surface area contributed by atoms with Crippen molar-refractivity contribution < 1.29 is 4.79 Å². The topological polar surface area (TPSA) is 55.1 Å². The predicted octanol–water partition coefficient (Wildman–Crippen LogP) is 2.00. The van der Waals surface area contributed by atoms with Gasteiger partial charge in [0.05, 0.1) is 0 Å². The van der Waals surface area contributed by atoms with Crippen molar-refractivity contribution in [2.24, 2.45) is 11.7 Å². The first kappa shape index (κ1) is 11.7. The summed E-state index contributed by atoms with van der Waals surface area (Å²) in [5.74, 6) is 0.222. The molecule has 0 spiro atoms. The number of benzene rings is 1. The van der Waals surface area contributed by atoms with Crippen molar-refractivity contribution in [2.45, 2.75) is 26.3 Å². The lowest BCUT2D eigenvalue weighted by Gasteiger charge is -2.14. The van der Waals surface area contributed by atoms with Gasteiger partial charge in [0.15, 0.2) is 0 Å². The van der Waals surface area contributed by atoms with Crippen LogP contribution < -0.4 is 11.1 Å². The lowest BCUT2D eigenvalue weighted by molar-refractivity contribution is -0.117. The van der Waals surface area contributed by atoms with E-state index in [0.29, 0.717) is 6.42 Å². The number of rotatable bonds is 4. The lowest BCUT2D eigenvalue weighted by atomic mass is 10.0. The molecule has 0 aromatic heterocycles. The molecule has 15 heavy (non-hydrogen) atoms. The molecule has 0 aliphatic heterocycles. The molecule has 3 heteroatoms. The van der Waals surface area contributed by atoms with E-state index in [4.69, 9.17) is 5.73 Å². The summed E-state index contributed by atoms with van der Waals surface area (Å²) in [7, 11) is 0. The van der Waals surface area contributed by atoms with Crippen LogP contribution in [-0.4, -0.2) is 11.9 Å². The number of nitrogens with two attached hydrogens (primary N) is 1. The summed E-state index contributed by atoms with van der Waals surface area (Å²) in [6.45, 7) is 3.90. The monoisotopic (exact) mass is 206 g/mol. The van der Waals surface area contributed by atoms with E-state index >= 15 is 0 Å². The van der Waals surface area contributed by atoms with Crippen molar-refractivity contribution in [3.63, 3.8) is 0 Å². The normalized spacial score (nSPS) is 14.3. The molecule has 0 radical (unpaired) electrons. The first-order valence-corrected chi connectivity index (χ1v) is 5.20. The summed E-state index contributed by atoms with van der Waals surface area (Å²) >= 11 is 0. The Balaban J connectivity index is 2.43. The number of para-hydroxylation sites is 1. The Morgan fingerprint density at radius 3 is 2.47 bits per heavy atom. The molecule has 0 saturated heterocycles. The number of hydrogen-bond acceptors (Lipinski definition) is 2. The molecular weight excluding hydrogens is 188 g/mol. The smallest absolute Gasteiger partial charge is 0.224 e. The van der Waals surface area contributed by atoms with E-state index in [1.54, 1.807) is 0 Å². The molecular formula is C12H18N2O. The second-order valence-electron chi connectivity index (χ2n) is 3.95. The number of anilines is 1. The van der Waals surface area contributed by atoms with Crippen LogP contribution in [0.5, 0.6) is 0 Å². The van der Waals surface area contributed by atoms with Crippen LogP contribution in [0.4, 0.5) is 5.69 Å². The third-order valence-corrected chi connectivity index (χ3v) is 2.46. The molecule has 0 aliphatic rings. The Hall–Kier alpha value is -1.35. The Labute approximate surface area is 90.7 Å². The predicted molar refractivity (Wildman–Crippen MR) is 62.5 cm³/mol. The van der Waals surface area contributed by atoms with Crippen molar-refractivity contribution in [1.82, 2.24) is 0 Å². The van der Waals surface area contributed by atoms with E-state index in [0.717, 1.165) is 5.69 Å². The van der Waals surface area contributed by atoms with E-state index < -0.39 is 0 Å². The van der Waals surface area contributed by atoms with Gasteiger partial charge < -0.3 is 11.1 Å². The van der Waals surface area contributed by atoms with Crippen molar-refractivity contribution in [2.75, 3.05) is 5.32 Å². The SMILES string of the molecule is C[C@@H](N)[C@@H](C)CC(=O)Nc1ccccc1. The quantitative estimate of drug-likeness (QED) is 0.791. The minimum atomic E-state index is 0.0194. The van der Waals surface area contributed by atoms with Gasteiger partial charge in [-0.15, -0.1) is 0 Å². The number of carbonyl (C=O) groups is 1. The molecule has 0 saturated carbocycles. The molecule has 0 aliphatic carbocycles. The Kier molecular flexibility index (Phi) is 4.31. The van der Waals surface area contributed by atoms with Crippen LogP contribution in [-0.2, 0) is 4.79 Å². The highest BCUT2D eigenvalue weighted by Crippen LogP contribution is 2.10. The fourth-order valence-electron chi connectivity index (χ4n) is 1.21. The molecule has 1 aromatic rings. The first-order valence-electron chi connectivity index (χ1n) is 5.20. The number of carbonyl (C=O) groups excluding carboxylic acids is 1. The van der Waals surface area contributed by atoms with E-state index in [2.05, 4.69) is 5.32 Å². The largest absolute Gasteiger partial charge is 0.328 e. The highest BCUT2D eigenvalue weighted by molar-refractivity contribution is 5.90. The Bertz CT molecular complexity index is 309. The summed E-state index contributed by atoms with van der Waals surface area (Å²) in [5, 5.41) is 2.83. The fraction of sp³-hybridized carbons (Fsp3) is 0.417. The van der Waals surface area contributed by atoms with Crippen LogP contribution in [0.15, 0.2) is 30.3 Å². The minimum Gasteiger partial charge on any atom is -0.328 e. The van der Waals surface area contributed by atoms with Crippen LogP contribution in [0.25, 0.3) is 0 Å². The molecule has 1 aromatic carbocycles. The third-order valence-electron chi connectivity index (χ3n) is 2.46. The zero-order valence-electron chi connectivity index (χ0n) is 9.23. The summed E-state index contributed by atoms with van der Waals surface area (Å²) in [5.41, 5.74) is 6.53. The zero-order valence-corrected chi connectivity index (χ0v) is 9.23. The summed E-state index contributed by atoms with van der Waals surface area (Å²) in [6.07, 6.45) is 0.465. The summed E-state index contributed by atoms with van der Waals surface area (Å²) < 4.78 is 0. The molecule has 1 rings (SSSR count). The van der Waals surface area contributed by atoms with E-state index in [9.17, 15) is 4.79 Å². The van der Waals surface area contributed by atoms with E-state index in [-0.39, 0.29) is 17.9 Å². The number of amides is 1. The fourth-order valence-corrected chi connectivity index (χ4v) is 1.21. The maximum absolute atomic E-state index is 11.6. The van der Waals surface area contributed by atoms with Gasteiger partial charge in [-0.05, 0) is 25.0 Å². The molecule has 0 bridgehead atoms. The first-order chi connectivity index (χ1) is 7.09. The highest BCUT2D eigenvalue weighted by Gasteiger charge is 2.12. The van der Waals surface area contributed by atoms with Crippen molar-refractivity contribution in [3.8, 4) is 0 Å². The molecule has 0 heterocycles. The second kappa shape index (κ2) is 5.51. The van der Waals surface area contributed by atoms with Gasteiger partial charge in [0.2, 0.25) is 5.91 Å². The molecule has 0 unspecified atom stereocenters. The second-order valence-corrected chi connectivity index (χ2v) is 3.95. The average Bonchev–Trinajstić information content (AvgIpc) is 2.18. The maximum Gasteiger partial charge on any atom is 0.224 e. The number of hydrogen-bond donors (Lipinski definition) is 2. The van der Waals surface area contributed by atoms with Crippen molar-refractivity contribution >= 4 is 11.6 Å². The summed E-state index contributed by atoms with van der Waals surface area (Å²) in [4.78, 5) is 11.6. The van der Waals surface area contributed by atoms with Gasteiger partial charge >= 0.3 is 0 Å². The van der Waals surface area contributed by atoms with Crippen LogP contribution in [0, 0.1) is 5.92 Å². The highest BCUT2D eigenvalue weighted by atomic mass is 16.1. The molecule has 2 atom stereocenters. The van der Waals surface area contributed by atoms with E-state index in [1.165, 1.54) is 0 Å². The van der Waals surface area contributed by atoms with Crippen LogP contribution >= 0.6 is 0 Å². The standard InChI is InChI=1S/C12H18N2O/c1-9(10(2)13)8-12(15)14-11-6-4-3-5-7-11/h3-7,9-10H,8,13H2,1-2H3,(H,14,15)/t9-,10+/m0/s1. The van der Waals surface area contributed by atoms with Gasteiger partial charge in [0, 0.05) is 18.2 Å². The van der Waals surface area contributed by atoms with Crippen molar-refractivity contribution in [1.29, 1.82) is 0 Å². The average molecular weight is 206 g/mol. The minimum absolute atomic E-state index is 0.0194. The van der Waals surface area contributed by atoms with Crippen LogP contribution in [0.3, 0.4) is 0 Å². The van der Waals surface area contributed by atoms with Gasteiger partial charge in [-0.3, -0.25) is 4.79 Å². The summed E-state index contributed by atoms with van der Waals surface area (Å²) in [6, 6.07) is 9.49. The molecule has 1 amide bonds. The van der Waals surface area contributed by atoms with Crippen LogP contribution in [0.2, 0.25) is 0 Å². The van der Waals surface area contributed by atoms with Crippen LogP contribution in [0.1, 0.15) is 20.3 Å². The maximum atomic E-state index is 11.6. The van der Waals surface area contributed by atoms with Crippen molar-refractivity contribution in [3.05, 3.63) is 30.3 Å².